The predicted octanol–water partition coefficient (Wildman–Crippen LogP) is 2.85. The highest BCUT2D eigenvalue weighted by atomic mass is 31.2. The molecule has 1 aromatic rings. The highest BCUT2D eigenvalue weighted by Gasteiger charge is 2.27. The van der Waals surface area contributed by atoms with Gasteiger partial charge in [0.15, 0.2) is 5.75 Å². The third-order valence-corrected chi connectivity index (χ3v) is 3.37. The lowest BCUT2D eigenvalue weighted by molar-refractivity contribution is -0.697. The van der Waals surface area contributed by atoms with Crippen molar-refractivity contribution in [3.05, 3.63) is 30.3 Å². The number of para-hydroxylation sites is 1. The SMILES string of the molecule is CCCCC(OOOOOc1ccccc1)C(C)OP(=O)(O)O. The second-order valence-electron chi connectivity index (χ2n) is 4.68. The van der Waals surface area contributed by atoms with Crippen LogP contribution in [-0.4, -0.2) is 22.0 Å². The zero-order valence-corrected chi connectivity index (χ0v) is 13.8. The molecule has 0 aliphatic rings. The molecule has 1 rings (SSSR count). The molecule has 10 heteroatoms. The van der Waals surface area contributed by atoms with Crippen LogP contribution in [0.25, 0.3) is 0 Å². The average Bonchev–Trinajstić information content (AvgIpc) is 2.49. The molecule has 0 saturated carbocycles. The fraction of sp³-hybridized carbons (Fsp3) is 0.538. The first kappa shape index (κ1) is 20.0. The van der Waals surface area contributed by atoms with Crippen LogP contribution in [0.3, 0.4) is 0 Å². The van der Waals surface area contributed by atoms with Crippen LogP contribution >= 0.6 is 7.82 Å². The summed E-state index contributed by atoms with van der Waals surface area (Å²) in [6.45, 7) is 3.41. The molecule has 0 saturated heterocycles. The van der Waals surface area contributed by atoms with E-state index in [9.17, 15) is 4.57 Å². The average molecular weight is 352 g/mol. The summed E-state index contributed by atoms with van der Waals surface area (Å²) in [6.07, 6.45) is 0.367. The zero-order chi connectivity index (χ0) is 17.1. The second kappa shape index (κ2) is 10.7. The Morgan fingerprint density at radius 3 is 2.43 bits per heavy atom. The van der Waals surface area contributed by atoms with Gasteiger partial charge in [-0.2, -0.15) is 4.89 Å². The van der Waals surface area contributed by atoms with Gasteiger partial charge in [-0.1, -0.05) is 38.0 Å². The molecule has 2 unspecified atom stereocenters. The van der Waals surface area contributed by atoms with E-state index in [1.807, 2.05) is 6.92 Å². The summed E-state index contributed by atoms with van der Waals surface area (Å²) < 4.78 is 15.4. The molecule has 23 heavy (non-hydrogen) atoms. The van der Waals surface area contributed by atoms with Gasteiger partial charge in [-0.3, -0.25) is 4.52 Å². The van der Waals surface area contributed by atoms with E-state index in [-0.39, 0.29) is 0 Å². The summed E-state index contributed by atoms with van der Waals surface area (Å²) in [4.78, 5) is 27.3. The minimum absolute atomic E-state index is 0.386. The number of hydrogen-bond acceptors (Lipinski definition) is 7. The van der Waals surface area contributed by atoms with E-state index in [1.54, 1.807) is 30.3 Å². The summed E-state index contributed by atoms with van der Waals surface area (Å²) in [7, 11) is -4.63. The van der Waals surface area contributed by atoms with E-state index in [0.717, 1.165) is 12.8 Å². The zero-order valence-electron chi connectivity index (χ0n) is 12.9. The summed E-state index contributed by atoms with van der Waals surface area (Å²) >= 11 is 0. The first-order valence-electron chi connectivity index (χ1n) is 7.04. The van der Waals surface area contributed by atoms with Gasteiger partial charge in [0, 0.05) is 10.1 Å². The van der Waals surface area contributed by atoms with Crippen molar-refractivity contribution in [2.45, 2.75) is 45.3 Å². The highest BCUT2D eigenvalue weighted by Crippen LogP contribution is 2.38. The molecule has 0 bridgehead atoms. The topological polar surface area (TPSA) is 113 Å². The summed E-state index contributed by atoms with van der Waals surface area (Å²) in [5.41, 5.74) is 0. The monoisotopic (exact) mass is 352 g/mol. The quantitative estimate of drug-likeness (QED) is 0.254. The lowest BCUT2D eigenvalue weighted by Crippen LogP contribution is -2.28. The largest absolute Gasteiger partial charge is 0.469 e. The molecule has 0 radical (unpaired) electrons. The van der Waals surface area contributed by atoms with E-state index in [0.29, 0.717) is 12.2 Å². The van der Waals surface area contributed by atoms with Gasteiger partial charge in [0.2, 0.25) is 0 Å². The smallest absolute Gasteiger partial charge is 0.306 e. The highest BCUT2D eigenvalue weighted by molar-refractivity contribution is 7.46. The molecular weight excluding hydrogens is 331 g/mol. The van der Waals surface area contributed by atoms with Crippen LogP contribution in [0.5, 0.6) is 5.75 Å². The Labute approximate surface area is 134 Å². The summed E-state index contributed by atoms with van der Waals surface area (Å²) in [5.74, 6) is 0.386. The van der Waals surface area contributed by atoms with Gasteiger partial charge >= 0.3 is 7.82 Å². The third-order valence-electron chi connectivity index (χ3n) is 2.76. The number of unbranched alkanes of at least 4 members (excludes halogenated alkanes) is 1. The Balaban J connectivity index is 2.31. The maximum atomic E-state index is 10.9. The molecule has 2 N–H and O–H groups in total. The molecule has 0 fully saturated rings. The molecule has 0 aromatic heterocycles. The van der Waals surface area contributed by atoms with Crippen LogP contribution in [0.4, 0.5) is 0 Å². The van der Waals surface area contributed by atoms with Crippen LogP contribution in [0.2, 0.25) is 0 Å². The molecule has 2 atom stereocenters. The normalized spacial score (nSPS) is 14.4. The number of phosphoric ester groups is 1. The first-order valence-corrected chi connectivity index (χ1v) is 8.57. The second-order valence-corrected chi connectivity index (χ2v) is 5.87. The molecule has 0 amide bonds. The number of benzene rings is 1. The number of phosphoric acid groups is 1. The van der Waals surface area contributed by atoms with Crippen LogP contribution in [-0.2, 0) is 29.1 Å². The Morgan fingerprint density at radius 2 is 1.83 bits per heavy atom. The maximum absolute atomic E-state index is 10.9. The summed E-state index contributed by atoms with van der Waals surface area (Å²) in [6, 6.07) is 8.53. The van der Waals surface area contributed by atoms with E-state index in [2.05, 4.69) is 19.6 Å². The Bertz CT molecular complexity index is 464. The molecule has 0 spiro atoms. The van der Waals surface area contributed by atoms with Gasteiger partial charge < -0.3 is 14.7 Å². The standard InChI is InChI=1S/C13H21O9P/c1-3-4-10-13(11(2)19-23(14,15)16)18-21-22-20-17-12-8-6-5-7-9-12/h5-9,11,13H,3-4,10H2,1-2H3,(H2,14,15,16). The fourth-order valence-electron chi connectivity index (χ4n) is 1.66. The van der Waals surface area contributed by atoms with Crippen molar-refractivity contribution in [2.24, 2.45) is 0 Å². The molecule has 1 aromatic carbocycles. The van der Waals surface area contributed by atoms with Gasteiger partial charge in [0.25, 0.3) is 0 Å². The van der Waals surface area contributed by atoms with Gasteiger partial charge in [-0.25, -0.2) is 4.57 Å². The molecular formula is C13H21O9P. The minimum Gasteiger partial charge on any atom is -0.306 e. The molecule has 9 nitrogen and oxygen atoms in total. The van der Waals surface area contributed by atoms with Crippen LogP contribution in [0.1, 0.15) is 33.1 Å². The van der Waals surface area contributed by atoms with Crippen molar-refractivity contribution < 1.29 is 43.8 Å². The Hall–Kier alpha value is -1.03. The Morgan fingerprint density at radius 1 is 1.13 bits per heavy atom. The van der Waals surface area contributed by atoms with E-state index >= 15 is 0 Å². The molecule has 0 aliphatic heterocycles. The predicted molar refractivity (Wildman–Crippen MR) is 77.3 cm³/mol. The van der Waals surface area contributed by atoms with Gasteiger partial charge in [-0.15, -0.1) is 0 Å². The van der Waals surface area contributed by atoms with Gasteiger partial charge in [0.05, 0.1) is 6.10 Å². The van der Waals surface area contributed by atoms with E-state index < -0.39 is 20.0 Å². The van der Waals surface area contributed by atoms with Crippen LogP contribution in [0.15, 0.2) is 30.3 Å². The summed E-state index contributed by atoms with van der Waals surface area (Å²) in [5, 5.41) is 12.9. The van der Waals surface area contributed by atoms with Gasteiger partial charge in [-0.05, 0) is 30.5 Å². The Kier molecular flexibility index (Phi) is 9.30. The maximum Gasteiger partial charge on any atom is 0.469 e. The van der Waals surface area contributed by atoms with Crippen molar-refractivity contribution in [1.29, 1.82) is 0 Å². The lowest BCUT2D eigenvalue weighted by atomic mass is 10.1. The fourth-order valence-corrected chi connectivity index (χ4v) is 2.23. The van der Waals surface area contributed by atoms with Crippen LogP contribution < -0.4 is 4.89 Å². The number of rotatable bonds is 12. The van der Waals surface area contributed by atoms with Gasteiger partial charge in [0.1, 0.15) is 6.10 Å². The van der Waals surface area contributed by atoms with Crippen LogP contribution in [0, 0.1) is 0 Å². The number of hydrogen-bond donors (Lipinski definition) is 2. The van der Waals surface area contributed by atoms with Crippen molar-refractivity contribution in [2.75, 3.05) is 0 Å². The molecule has 0 heterocycles. The molecule has 0 aliphatic carbocycles. The minimum atomic E-state index is -4.63. The lowest BCUT2D eigenvalue weighted by Gasteiger charge is -2.22. The van der Waals surface area contributed by atoms with Crippen molar-refractivity contribution in [3.8, 4) is 5.75 Å². The van der Waals surface area contributed by atoms with Crippen molar-refractivity contribution >= 4 is 7.82 Å². The van der Waals surface area contributed by atoms with E-state index in [1.165, 1.54) is 6.92 Å². The van der Waals surface area contributed by atoms with Crippen molar-refractivity contribution in [1.82, 2.24) is 0 Å². The van der Waals surface area contributed by atoms with E-state index in [4.69, 9.17) is 19.6 Å². The third kappa shape index (κ3) is 9.65. The van der Waals surface area contributed by atoms with Crippen molar-refractivity contribution in [3.63, 3.8) is 0 Å². The first-order chi connectivity index (χ1) is 10.9. The molecule has 132 valence electrons.